The van der Waals surface area contributed by atoms with E-state index in [1.165, 1.54) is 6.39 Å². The van der Waals surface area contributed by atoms with E-state index in [9.17, 15) is 4.79 Å². The minimum absolute atomic E-state index is 0.0580. The molecule has 1 fully saturated rings. The molecular weight excluding hydrogens is 338 g/mol. The first-order valence-electron chi connectivity index (χ1n) is 7.26. The van der Waals surface area contributed by atoms with Gasteiger partial charge < -0.3 is 14.2 Å². The highest BCUT2D eigenvalue weighted by molar-refractivity contribution is 7.99. The maximum Gasteiger partial charge on any atom is 0.224 e. The van der Waals surface area contributed by atoms with E-state index in [2.05, 4.69) is 10.1 Å². The van der Waals surface area contributed by atoms with Gasteiger partial charge >= 0.3 is 0 Å². The van der Waals surface area contributed by atoms with Crippen molar-refractivity contribution in [2.45, 2.75) is 17.4 Å². The van der Waals surface area contributed by atoms with Crippen LogP contribution in [0.1, 0.15) is 18.3 Å². The van der Waals surface area contributed by atoms with Crippen molar-refractivity contribution in [2.75, 3.05) is 25.5 Å². The molecular formula is C15H16ClN3O3S. The second-order valence-corrected chi connectivity index (χ2v) is 6.54. The van der Waals surface area contributed by atoms with Gasteiger partial charge in [-0.2, -0.15) is 4.98 Å². The third kappa shape index (κ3) is 4.04. The molecule has 8 heteroatoms. The summed E-state index contributed by atoms with van der Waals surface area (Å²) in [4.78, 5) is 19.3. The molecule has 0 aliphatic carbocycles. The lowest BCUT2D eigenvalue weighted by atomic mass is 10.2. The third-order valence-corrected chi connectivity index (χ3v) is 5.05. The first kappa shape index (κ1) is 16.3. The molecule has 0 bridgehead atoms. The van der Waals surface area contributed by atoms with Gasteiger partial charge in [-0.05, 0) is 12.1 Å². The second-order valence-electron chi connectivity index (χ2n) is 5.00. The molecule has 1 saturated heterocycles. The molecule has 1 atom stereocenters. The molecule has 1 aromatic carbocycles. The highest BCUT2D eigenvalue weighted by atomic mass is 35.5. The summed E-state index contributed by atoms with van der Waals surface area (Å²) >= 11 is 7.70. The van der Waals surface area contributed by atoms with Crippen LogP contribution in [0.5, 0.6) is 0 Å². The molecule has 1 amide bonds. The second kappa shape index (κ2) is 7.81. The van der Waals surface area contributed by atoms with Crippen LogP contribution in [0.25, 0.3) is 0 Å². The highest BCUT2D eigenvalue weighted by Gasteiger charge is 2.31. The average molecular weight is 354 g/mol. The van der Waals surface area contributed by atoms with Crippen molar-refractivity contribution in [2.24, 2.45) is 0 Å². The van der Waals surface area contributed by atoms with E-state index < -0.39 is 0 Å². The van der Waals surface area contributed by atoms with Gasteiger partial charge in [0.25, 0.3) is 0 Å². The van der Waals surface area contributed by atoms with E-state index in [4.69, 9.17) is 20.9 Å². The van der Waals surface area contributed by atoms with E-state index in [0.29, 0.717) is 42.8 Å². The zero-order chi connectivity index (χ0) is 16.1. The van der Waals surface area contributed by atoms with Crippen LogP contribution >= 0.6 is 23.4 Å². The van der Waals surface area contributed by atoms with Gasteiger partial charge in [0.1, 0.15) is 6.04 Å². The summed E-state index contributed by atoms with van der Waals surface area (Å²) < 4.78 is 10.2. The van der Waals surface area contributed by atoms with Crippen LogP contribution in [0.4, 0.5) is 0 Å². The van der Waals surface area contributed by atoms with Crippen LogP contribution in [-0.2, 0) is 9.53 Å². The Morgan fingerprint density at radius 2 is 2.30 bits per heavy atom. The summed E-state index contributed by atoms with van der Waals surface area (Å²) in [5, 5.41) is 4.54. The molecule has 2 aromatic rings. The molecule has 1 aromatic heterocycles. The van der Waals surface area contributed by atoms with Gasteiger partial charge in [0.2, 0.25) is 12.3 Å². The summed E-state index contributed by atoms with van der Waals surface area (Å²) in [6, 6.07) is 7.35. The zero-order valence-electron chi connectivity index (χ0n) is 12.4. The maximum atomic E-state index is 12.5. The van der Waals surface area contributed by atoms with Crippen molar-refractivity contribution in [3.63, 3.8) is 0 Å². The Kier molecular flexibility index (Phi) is 5.53. The van der Waals surface area contributed by atoms with E-state index in [-0.39, 0.29) is 11.9 Å². The molecule has 3 rings (SSSR count). The fourth-order valence-electron chi connectivity index (χ4n) is 2.40. The Hall–Kier alpha value is -1.57. The van der Waals surface area contributed by atoms with E-state index in [0.717, 1.165) is 4.90 Å². The molecule has 2 heterocycles. The van der Waals surface area contributed by atoms with Gasteiger partial charge in [-0.3, -0.25) is 4.79 Å². The minimum Gasteiger partial charge on any atom is -0.377 e. The van der Waals surface area contributed by atoms with Crippen LogP contribution in [-0.4, -0.2) is 46.5 Å². The average Bonchev–Trinajstić information content (AvgIpc) is 3.11. The first-order chi connectivity index (χ1) is 11.3. The van der Waals surface area contributed by atoms with Crippen LogP contribution in [0, 0.1) is 0 Å². The lowest BCUT2D eigenvalue weighted by molar-refractivity contribution is -0.140. The number of rotatable bonds is 5. The maximum absolute atomic E-state index is 12.5. The Bertz CT molecular complexity index is 653. The Morgan fingerprint density at radius 1 is 1.43 bits per heavy atom. The number of amides is 1. The number of nitrogens with zero attached hydrogens (tertiary/aromatic N) is 3. The number of hydrogen-bond acceptors (Lipinski definition) is 6. The van der Waals surface area contributed by atoms with E-state index >= 15 is 0 Å². The number of benzene rings is 1. The third-order valence-electron chi connectivity index (χ3n) is 3.54. The van der Waals surface area contributed by atoms with Crippen molar-refractivity contribution >= 4 is 29.3 Å². The van der Waals surface area contributed by atoms with Crippen molar-refractivity contribution in [1.82, 2.24) is 15.0 Å². The number of halogens is 1. The molecule has 0 unspecified atom stereocenters. The minimum atomic E-state index is -0.277. The van der Waals surface area contributed by atoms with Gasteiger partial charge in [-0.15, -0.1) is 11.8 Å². The highest BCUT2D eigenvalue weighted by Crippen LogP contribution is 2.28. The molecule has 122 valence electrons. The molecule has 1 aliphatic heterocycles. The number of morpholine rings is 1. The quantitative estimate of drug-likeness (QED) is 0.770. The van der Waals surface area contributed by atoms with E-state index in [1.54, 1.807) is 16.7 Å². The Balaban J connectivity index is 1.57. The number of hydrogen-bond donors (Lipinski definition) is 0. The summed E-state index contributed by atoms with van der Waals surface area (Å²) in [5.74, 6) is 1.21. The predicted octanol–water partition coefficient (Wildman–Crippen LogP) is 2.81. The normalized spacial score (nSPS) is 18.1. The number of ether oxygens (including phenoxy) is 1. The number of carbonyl (C=O) groups excluding carboxylic acids is 1. The molecule has 23 heavy (non-hydrogen) atoms. The smallest absolute Gasteiger partial charge is 0.224 e. The summed E-state index contributed by atoms with van der Waals surface area (Å²) in [6.07, 6.45) is 1.68. The summed E-state index contributed by atoms with van der Waals surface area (Å²) in [5.41, 5.74) is 0. The SMILES string of the molecule is O=C(CCSc1ccccc1Cl)N1CCOC[C@H]1c1ncon1. The summed E-state index contributed by atoms with van der Waals surface area (Å²) in [7, 11) is 0. The monoisotopic (exact) mass is 353 g/mol. The largest absolute Gasteiger partial charge is 0.377 e. The summed E-state index contributed by atoms with van der Waals surface area (Å²) in [6.45, 7) is 1.45. The van der Waals surface area contributed by atoms with Crippen molar-refractivity contribution in [3.8, 4) is 0 Å². The fourth-order valence-corrected chi connectivity index (χ4v) is 3.57. The van der Waals surface area contributed by atoms with Gasteiger partial charge in [0, 0.05) is 23.6 Å². The Labute approximate surface area is 143 Å². The van der Waals surface area contributed by atoms with Gasteiger partial charge in [0.05, 0.1) is 18.2 Å². The molecule has 1 aliphatic rings. The lowest BCUT2D eigenvalue weighted by Crippen LogP contribution is -2.44. The molecule has 6 nitrogen and oxygen atoms in total. The van der Waals surface area contributed by atoms with Crippen LogP contribution < -0.4 is 0 Å². The topological polar surface area (TPSA) is 68.5 Å². The van der Waals surface area contributed by atoms with Crippen LogP contribution in [0.2, 0.25) is 5.02 Å². The zero-order valence-corrected chi connectivity index (χ0v) is 13.9. The molecule has 0 saturated carbocycles. The Morgan fingerprint density at radius 3 is 3.09 bits per heavy atom. The number of thioether (sulfide) groups is 1. The number of aromatic nitrogens is 2. The lowest BCUT2D eigenvalue weighted by Gasteiger charge is -2.33. The van der Waals surface area contributed by atoms with E-state index in [1.807, 2.05) is 24.3 Å². The van der Waals surface area contributed by atoms with Gasteiger partial charge in [-0.1, -0.05) is 28.9 Å². The van der Waals surface area contributed by atoms with Crippen LogP contribution in [0.15, 0.2) is 40.1 Å². The van der Waals surface area contributed by atoms with Crippen molar-refractivity contribution in [1.29, 1.82) is 0 Å². The van der Waals surface area contributed by atoms with Crippen molar-refractivity contribution in [3.05, 3.63) is 41.5 Å². The van der Waals surface area contributed by atoms with Crippen LogP contribution in [0.3, 0.4) is 0 Å². The van der Waals surface area contributed by atoms with Gasteiger partial charge in [0.15, 0.2) is 5.82 Å². The fraction of sp³-hybridized carbons (Fsp3) is 0.400. The predicted molar refractivity (Wildman–Crippen MR) is 86.4 cm³/mol. The molecule has 0 spiro atoms. The molecule has 0 N–H and O–H groups in total. The van der Waals surface area contributed by atoms with Crippen molar-refractivity contribution < 1.29 is 14.1 Å². The number of carbonyl (C=O) groups is 1. The first-order valence-corrected chi connectivity index (χ1v) is 8.63. The molecule has 0 radical (unpaired) electrons. The standard InChI is InChI=1S/C15H16ClN3O3S/c16-11-3-1-2-4-13(11)23-8-5-14(20)19-6-7-21-9-12(19)15-17-10-22-18-15/h1-4,10,12H,5-9H2/t12-/m0/s1. The van der Waals surface area contributed by atoms with Gasteiger partial charge in [-0.25, -0.2) is 0 Å².